The number of nitrogens with one attached hydrogen (secondary N) is 2. The normalized spacial score (nSPS) is 20.1. The van der Waals surface area contributed by atoms with Gasteiger partial charge in [0, 0.05) is 16.6 Å². The highest BCUT2D eigenvalue weighted by Crippen LogP contribution is 2.27. The topological polar surface area (TPSA) is 83.8 Å². The second kappa shape index (κ2) is 7.81. The van der Waals surface area contributed by atoms with Gasteiger partial charge in [0.25, 0.3) is 5.91 Å². The maximum absolute atomic E-state index is 12.6. The van der Waals surface area contributed by atoms with E-state index in [1.54, 1.807) is 12.3 Å². The SMILES string of the molecule is Cl.NCC1CCCC1NC(=O)c1cn[nH]c1-c1cccc(Cl)c1. The molecule has 124 valence electrons. The van der Waals surface area contributed by atoms with Crippen molar-refractivity contribution in [2.75, 3.05) is 6.54 Å². The molecule has 1 aliphatic carbocycles. The molecule has 1 amide bonds. The highest BCUT2D eigenvalue weighted by atomic mass is 35.5. The van der Waals surface area contributed by atoms with Crippen LogP contribution in [0.15, 0.2) is 30.5 Å². The van der Waals surface area contributed by atoms with Crippen molar-refractivity contribution >= 4 is 29.9 Å². The number of nitrogens with zero attached hydrogens (tertiary/aromatic N) is 1. The first-order valence-electron chi connectivity index (χ1n) is 7.49. The second-order valence-electron chi connectivity index (χ2n) is 5.68. The summed E-state index contributed by atoms with van der Waals surface area (Å²) in [5.41, 5.74) is 7.83. The van der Waals surface area contributed by atoms with Gasteiger partial charge in [-0.05, 0) is 37.4 Å². The molecule has 4 N–H and O–H groups in total. The lowest BCUT2D eigenvalue weighted by atomic mass is 10.0. The zero-order valence-electron chi connectivity index (χ0n) is 12.6. The van der Waals surface area contributed by atoms with Crippen LogP contribution in [0, 0.1) is 5.92 Å². The standard InChI is InChI=1S/C16H19ClN4O.ClH/c17-12-5-1-3-10(7-12)15-13(9-19-21-15)16(22)20-14-6-2-4-11(14)8-18;/h1,3,5,7,9,11,14H,2,4,6,8,18H2,(H,19,21)(H,20,22);1H. The summed E-state index contributed by atoms with van der Waals surface area (Å²) >= 11 is 6.02. The van der Waals surface area contributed by atoms with E-state index in [0.717, 1.165) is 24.8 Å². The molecule has 1 aromatic heterocycles. The van der Waals surface area contributed by atoms with Crippen LogP contribution in [0.25, 0.3) is 11.3 Å². The zero-order chi connectivity index (χ0) is 15.5. The number of amides is 1. The number of halogens is 2. The summed E-state index contributed by atoms with van der Waals surface area (Å²) in [6, 6.07) is 7.51. The lowest BCUT2D eigenvalue weighted by Gasteiger charge is -2.19. The van der Waals surface area contributed by atoms with E-state index in [1.807, 2.05) is 18.2 Å². The molecular weight excluding hydrogens is 335 g/mol. The number of hydrogen-bond acceptors (Lipinski definition) is 3. The van der Waals surface area contributed by atoms with E-state index < -0.39 is 0 Å². The average molecular weight is 355 g/mol. The molecule has 23 heavy (non-hydrogen) atoms. The maximum Gasteiger partial charge on any atom is 0.255 e. The number of carbonyl (C=O) groups is 1. The van der Waals surface area contributed by atoms with Gasteiger partial charge < -0.3 is 11.1 Å². The Balaban J connectivity index is 0.00000192. The predicted molar refractivity (Wildman–Crippen MR) is 93.9 cm³/mol. The maximum atomic E-state index is 12.6. The van der Waals surface area contributed by atoms with Gasteiger partial charge in [0.05, 0.1) is 17.5 Å². The average Bonchev–Trinajstić information content (AvgIpc) is 3.15. The highest BCUT2D eigenvalue weighted by Gasteiger charge is 2.28. The number of carbonyl (C=O) groups excluding carboxylic acids is 1. The molecule has 1 aromatic carbocycles. The molecule has 7 heteroatoms. The minimum absolute atomic E-state index is 0. The van der Waals surface area contributed by atoms with E-state index in [1.165, 1.54) is 0 Å². The largest absolute Gasteiger partial charge is 0.349 e. The van der Waals surface area contributed by atoms with Crippen molar-refractivity contribution in [3.05, 3.63) is 41.0 Å². The Labute approximate surface area is 146 Å². The van der Waals surface area contributed by atoms with Crippen molar-refractivity contribution in [1.82, 2.24) is 15.5 Å². The number of nitrogens with two attached hydrogens (primary N) is 1. The molecule has 0 saturated heterocycles. The van der Waals surface area contributed by atoms with Crippen molar-refractivity contribution in [2.45, 2.75) is 25.3 Å². The first kappa shape index (κ1) is 17.8. The summed E-state index contributed by atoms with van der Waals surface area (Å²) in [5.74, 6) is 0.250. The molecule has 2 atom stereocenters. The van der Waals surface area contributed by atoms with Crippen molar-refractivity contribution in [3.63, 3.8) is 0 Å². The first-order valence-corrected chi connectivity index (χ1v) is 7.87. The summed E-state index contributed by atoms with van der Waals surface area (Å²) in [4.78, 5) is 12.6. The minimum Gasteiger partial charge on any atom is -0.349 e. The van der Waals surface area contributed by atoms with Crippen LogP contribution in [-0.2, 0) is 0 Å². The van der Waals surface area contributed by atoms with Crippen LogP contribution in [0.4, 0.5) is 0 Å². The third-order valence-corrected chi connectivity index (χ3v) is 4.51. The Morgan fingerprint density at radius 2 is 2.26 bits per heavy atom. The van der Waals surface area contributed by atoms with Gasteiger partial charge in [-0.15, -0.1) is 12.4 Å². The Morgan fingerprint density at radius 1 is 1.43 bits per heavy atom. The molecule has 1 heterocycles. The fourth-order valence-corrected chi connectivity index (χ4v) is 3.27. The number of aromatic nitrogens is 2. The van der Waals surface area contributed by atoms with Crippen LogP contribution >= 0.6 is 24.0 Å². The minimum atomic E-state index is -0.117. The lowest BCUT2D eigenvalue weighted by Crippen LogP contribution is -2.39. The van der Waals surface area contributed by atoms with Gasteiger partial charge in [0.15, 0.2) is 0 Å². The molecule has 2 aromatic rings. The molecule has 1 saturated carbocycles. The summed E-state index contributed by atoms with van der Waals surface area (Å²) in [5, 5.41) is 10.6. The Bertz CT molecular complexity index is 674. The second-order valence-corrected chi connectivity index (χ2v) is 6.11. The van der Waals surface area contributed by atoms with Gasteiger partial charge in [0.1, 0.15) is 0 Å². The molecular formula is C16H20Cl2N4O. The fraction of sp³-hybridized carbons (Fsp3) is 0.375. The summed E-state index contributed by atoms with van der Waals surface area (Å²) < 4.78 is 0. The molecule has 5 nitrogen and oxygen atoms in total. The molecule has 1 aliphatic rings. The Morgan fingerprint density at radius 3 is 3.00 bits per heavy atom. The van der Waals surface area contributed by atoms with Gasteiger partial charge in [0.2, 0.25) is 0 Å². The molecule has 0 aliphatic heterocycles. The van der Waals surface area contributed by atoms with Crippen LogP contribution in [0.1, 0.15) is 29.6 Å². The van der Waals surface area contributed by atoms with Crippen LogP contribution in [0.5, 0.6) is 0 Å². The number of H-pyrrole nitrogens is 1. The van der Waals surface area contributed by atoms with E-state index in [0.29, 0.717) is 28.7 Å². The van der Waals surface area contributed by atoms with E-state index >= 15 is 0 Å². The van der Waals surface area contributed by atoms with Crippen molar-refractivity contribution < 1.29 is 4.79 Å². The quantitative estimate of drug-likeness (QED) is 0.788. The van der Waals surface area contributed by atoms with Crippen LogP contribution in [-0.4, -0.2) is 28.7 Å². The summed E-state index contributed by atoms with van der Waals surface area (Å²) in [6.07, 6.45) is 4.73. The smallest absolute Gasteiger partial charge is 0.255 e. The van der Waals surface area contributed by atoms with Crippen LogP contribution in [0.2, 0.25) is 5.02 Å². The van der Waals surface area contributed by atoms with E-state index in [4.69, 9.17) is 17.3 Å². The van der Waals surface area contributed by atoms with Gasteiger partial charge in [-0.3, -0.25) is 9.89 Å². The van der Waals surface area contributed by atoms with Crippen LogP contribution in [0.3, 0.4) is 0 Å². The monoisotopic (exact) mass is 354 g/mol. The fourth-order valence-electron chi connectivity index (χ4n) is 3.08. The summed E-state index contributed by atoms with van der Waals surface area (Å²) in [6.45, 7) is 0.609. The van der Waals surface area contributed by atoms with Crippen molar-refractivity contribution in [2.24, 2.45) is 11.7 Å². The van der Waals surface area contributed by atoms with Crippen molar-refractivity contribution in [3.8, 4) is 11.3 Å². The number of hydrogen-bond donors (Lipinski definition) is 3. The lowest BCUT2D eigenvalue weighted by molar-refractivity contribution is 0.0929. The Kier molecular flexibility index (Phi) is 6.04. The Hall–Kier alpha value is -1.56. The molecule has 0 bridgehead atoms. The van der Waals surface area contributed by atoms with Gasteiger partial charge in [-0.1, -0.05) is 30.2 Å². The van der Waals surface area contributed by atoms with E-state index in [9.17, 15) is 4.79 Å². The van der Waals surface area contributed by atoms with Gasteiger partial charge in [-0.2, -0.15) is 5.10 Å². The van der Waals surface area contributed by atoms with Gasteiger partial charge in [-0.25, -0.2) is 0 Å². The number of rotatable bonds is 4. The third kappa shape index (κ3) is 3.86. The number of benzene rings is 1. The molecule has 1 fully saturated rings. The van der Waals surface area contributed by atoms with E-state index in [2.05, 4.69) is 15.5 Å². The molecule has 2 unspecified atom stereocenters. The molecule has 0 radical (unpaired) electrons. The third-order valence-electron chi connectivity index (χ3n) is 4.28. The highest BCUT2D eigenvalue weighted by molar-refractivity contribution is 6.30. The summed E-state index contributed by atoms with van der Waals surface area (Å²) in [7, 11) is 0. The molecule has 3 rings (SSSR count). The molecule has 0 spiro atoms. The van der Waals surface area contributed by atoms with Gasteiger partial charge >= 0.3 is 0 Å². The number of aromatic amines is 1. The van der Waals surface area contributed by atoms with Crippen LogP contribution < -0.4 is 11.1 Å². The van der Waals surface area contributed by atoms with Crippen molar-refractivity contribution in [1.29, 1.82) is 0 Å². The first-order chi connectivity index (χ1) is 10.7. The van der Waals surface area contributed by atoms with E-state index in [-0.39, 0.29) is 24.4 Å². The zero-order valence-corrected chi connectivity index (χ0v) is 14.2. The predicted octanol–water partition coefficient (Wildman–Crippen LogP) is 3.01.